The number of hydrogen-bond acceptors (Lipinski definition) is 5. The fourth-order valence-electron chi connectivity index (χ4n) is 1.47. The van der Waals surface area contributed by atoms with Gasteiger partial charge in [-0.25, -0.2) is 0 Å². The van der Waals surface area contributed by atoms with Gasteiger partial charge in [0.05, 0.1) is 19.9 Å². The van der Waals surface area contributed by atoms with Gasteiger partial charge in [0.25, 0.3) is 0 Å². The first kappa shape index (κ1) is 14.2. The Labute approximate surface area is 101 Å². The van der Waals surface area contributed by atoms with E-state index >= 15 is 0 Å². The maximum atomic E-state index is 12.0. The summed E-state index contributed by atoms with van der Waals surface area (Å²) in [6.45, 7) is -0.0821. The first-order valence-electron chi connectivity index (χ1n) is 5.05. The van der Waals surface area contributed by atoms with Gasteiger partial charge >= 0.3 is 7.60 Å². The highest BCUT2D eigenvalue weighted by molar-refractivity contribution is 7.52. The molecule has 0 fully saturated rings. The number of rotatable bonds is 6. The molecule has 0 saturated carbocycles. The molecule has 0 heterocycles. The van der Waals surface area contributed by atoms with Crippen LogP contribution in [0, 0.1) is 0 Å². The van der Waals surface area contributed by atoms with Crippen LogP contribution < -0.4 is 4.74 Å². The fourth-order valence-corrected chi connectivity index (χ4v) is 2.54. The summed E-state index contributed by atoms with van der Waals surface area (Å²) < 4.78 is 26.9. The van der Waals surface area contributed by atoms with Gasteiger partial charge in [-0.3, -0.25) is 4.57 Å². The lowest BCUT2D eigenvalue weighted by Crippen LogP contribution is -1.98. The van der Waals surface area contributed by atoms with Gasteiger partial charge < -0.3 is 18.9 Å². The smallest absolute Gasteiger partial charge is 0.334 e. The van der Waals surface area contributed by atoms with Crippen LogP contribution in [0.5, 0.6) is 5.75 Å². The Morgan fingerprint density at radius 2 is 1.88 bits per heavy atom. The second-order valence-electron chi connectivity index (χ2n) is 3.44. The van der Waals surface area contributed by atoms with E-state index in [0.29, 0.717) is 11.3 Å². The van der Waals surface area contributed by atoms with Gasteiger partial charge in [-0.1, -0.05) is 6.07 Å². The molecule has 0 radical (unpaired) electrons. The molecule has 0 bridgehead atoms. The predicted octanol–water partition coefficient (Wildman–Crippen LogP) is 2.17. The molecule has 1 N–H and O–H groups in total. The van der Waals surface area contributed by atoms with Gasteiger partial charge in [-0.2, -0.15) is 0 Å². The number of ether oxygens (including phenoxy) is 1. The van der Waals surface area contributed by atoms with E-state index in [1.807, 2.05) is 0 Å². The van der Waals surface area contributed by atoms with Crippen molar-refractivity contribution in [3.8, 4) is 5.75 Å². The summed E-state index contributed by atoms with van der Waals surface area (Å²) >= 11 is 0. The number of methoxy groups -OCH3 is 1. The summed E-state index contributed by atoms with van der Waals surface area (Å²) in [7, 11) is 1.07. The van der Waals surface area contributed by atoms with Crippen molar-refractivity contribution < 1.29 is 23.5 Å². The van der Waals surface area contributed by atoms with Crippen LogP contribution in [0.2, 0.25) is 0 Å². The maximum Gasteiger partial charge on any atom is 0.334 e. The molecule has 0 amide bonds. The molecule has 6 heteroatoms. The summed E-state index contributed by atoms with van der Waals surface area (Å²) in [5.74, 6) is 0.594. The normalized spacial score (nSPS) is 11.5. The topological polar surface area (TPSA) is 65.0 Å². The van der Waals surface area contributed by atoms with Crippen LogP contribution in [0.4, 0.5) is 0 Å². The van der Waals surface area contributed by atoms with Crippen LogP contribution in [0.1, 0.15) is 11.1 Å². The zero-order valence-electron chi connectivity index (χ0n) is 10.2. The summed E-state index contributed by atoms with van der Waals surface area (Å²) in [5, 5.41) is 9.07. The zero-order valence-corrected chi connectivity index (χ0v) is 11.1. The Bertz CT molecular complexity index is 410. The molecule has 0 unspecified atom stereocenters. The van der Waals surface area contributed by atoms with Crippen molar-refractivity contribution >= 4 is 7.60 Å². The zero-order chi connectivity index (χ0) is 12.9. The van der Waals surface area contributed by atoms with E-state index in [-0.39, 0.29) is 12.8 Å². The summed E-state index contributed by atoms with van der Waals surface area (Å²) in [4.78, 5) is 0. The lowest BCUT2D eigenvalue weighted by Gasteiger charge is -2.16. The first-order valence-corrected chi connectivity index (χ1v) is 6.78. The lowest BCUT2D eigenvalue weighted by atomic mass is 10.1. The van der Waals surface area contributed by atoms with E-state index in [4.69, 9.17) is 18.9 Å². The third kappa shape index (κ3) is 3.54. The van der Waals surface area contributed by atoms with Gasteiger partial charge in [0.15, 0.2) is 0 Å². The van der Waals surface area contributed by atoms with E-state index in [1.165, 1.54) is 21.3 Å². The molecule has 1 aromatic carbocycles. The van der Waals surface area contributed by atoms with E-state index in [0.717, 1.165) is 5.56 Å². The minimum Gasteiger partial charge on any atom is -0.496 e. The van der Waals surface area contributed by atoms with Crippen molar-refractivity contribution in [2.24, 2.45) is 0 Å². The van der Waals surface area contributed by atoms with Crippen molar-refractivity contribution in [3.05, 3.63) is 29.3 Å². The highest BCUT2D eigenvalue weighted by atomic mass is 31.2. The van der Waals surface area contributed by atoms with Crippen molar-refractivity contribution in [1.82, 2.24) is 0 Å². The van der Waals surface area contributed by atoms with Crippen molar-refractivity contribution in [2.45, 2.75) is 12.8 Å². The summed E-state index contributed by atoms with van der Waals surface area (Å²) in [6, 6.07) is 5.19. The van der Waals surface area contributed by atoms with Gasteiger partial charge in [0, 0.05) is 19.8 Å². The molecule has 96 valence electrons. The van der Waals surface area contributed by atoms with Gasteiger partial charge in [-0.05, 0) is 17.7 Å². The summed E-state index contributed by atoms with van der Waals surface area (Å²) in [6.07, 6.45) is 0.108. The molecular weight excluding hydrogens is 243 g/mol. The molecule has 5 nitrogen and oxygen atoms in total. The Morgan fingerprint density at radius 3 is 2.35 bits per heavy atom. The second-order valence-corrected chi connectivity index (χ2v) is 5.71. The highest BCUT2D eigenvalue weighted by Crippen LogP contribution is 2.51. The Kier molecular flexibility index (Phi) is 5.15. The van der Waals surface area contributed by atoms with Crippen LogP contribution in [0.25, 0.3) is 0 Å². The fraction of sp³-hybridized carbons (Fsp3) is 0.455. The molecule has 0 aliphatic heterocycles. The molecule has 0 aromatic heterocycles. The molecular formula is C11H17O5P. The molecule has 17 heavy (non-hydrogen) atoms. The molecule has 1 rings (SSSR count). The molecule has 0 saturated heterocycles. The van der Waals surface area contributed by atoms with Crippen LogP contribution in [0.15, 0.2) is 18.2 Å². The number of benzene rings is 1. The van der Waals surface area contributed by atoms with Crippen LogP contribution in [-0.4, -0.2) is 26.4 Å². The van der Waals surface area contributed by atoms with Crippen LogP contribution >= 0.6 is 7.60 Å². The number of aliphatic hydroxyl groups excluding tert-OH is 1. The SMILES string of the molecule is COc1ccc(CO)cc1CP(=O)(OC)OC. The molecule has 1 aromatic rings. The minimum absolute atomic E-state index is 0.0821. The van der Waals surface area contributed by atoms with Crippen LogP contribution in [-0.2, 0) is 26.4 Å². The molecule has 0 atom stereocenters. The predicted molar refractivity (Wildman–Crippen MR) is 64.2 cm³/mol. The average molecular weight is 260 g/mol. The monoisotopic (exact) mass is 260 g/mol. The van der Waals surface area contributed by atoms with E-state index in [9.17, 15) is 4.57 Å². The van der Waals surface area contributed by atoms with Crippen molar-refractivity contribution in [3.63, 3.8) is 0 Å². The molecule has 0 spiro atoms. The summed E-state index contributed by atoms with van der Waals surface area (Å²) in [5.41, 5.74) is 1.41. The Morgan fingerprint density at radius 1 is 1.24 bits per heavy atom. The standard InChI is InChI=1S/C11H17O5P/c1-14-11-5-4-9(7-12)6-10(11)8-17(13,15-2)16-3/h4-6,12H,7-8H2,1-3H3. The quantitative estimate of drug-likeness (QED) is 0.794. The average Bonchev–Trinajstić information content (AvgIpc) is 2.38. The first-order chi connectivity index (χ1) is 8.08. The van der Waals surface area contributed by atoms with E-state index in [1.54, 1.807) is 18.2 Å². The lowest BCUT2D eigenvalue weighted by molar-refractivity contribution is 0.273. The van der Waals surface area contributed by atoms with E-state index in [2.05, 4.69) is 0 Å². The van der Waals surface area contributed by atoms with Gasteiger partial charge in [0.2, 0.25) is 0 Å². The molecule has 0 aliphatic rings. The third-order valence-electron chi connectivity index (χ3n) is 2.45. The van der Waals surface area contributed by atoms with Crippen molar-refractivity contribution in [1.29, 1.82) is 0 Å². The number of aliphatic hydroxyl groups is 1. The Hall–Kier alpha value is -0.870. The Balaban J connectivity index is 3.06. The highest BCUT2D eigenvalue weighted by Gasteiger charge is 2.23. The maximum absolute atomic E-state index is 12.0. The molecule has 0 aliphatic carbocycles. The van der Waals surface area contributed by atoms with Crippen LogP contribution in [0.3, 0.4) is 0 Å². The number of hydrogen-bond donors (Lipinski definition) is 1. The van der Waals surface area contributed by atoms with Gasteiger partial charge in [-0.15, -0.1) is 0 Å². The second kappa shape index (κ2) is 6.17. The largest absolute Gasteiger partial charge is 0.496 e. The third-order valence-corrected chi connectivity index (χ3v) is 4.29. The minimum atomic E-state index is -3.14. The van der Waals surface area contributed by atoms with Gasteiger partial charge in [0.1, 0.15) is 5.75 Å². The van der Waals surface area contributed by atoms with Crippen molar-refractivity contribution in [2.75, 3.05) is 21.3 Å². The van der Waals surface area contributed by atoms with E-state index < -0.39 is 7.60 Å².